The van der Waals surface area contributed by atoms with Gasteiger partial charge in [0.15, 0.2) is 0 Å². The number of carbonyl (C=O) groups excluding carboxylic acids is 1. The molecule has 0 aromatic heterocycles. The van der Waals surface area contributed by atoms with Crippen LogP contribution in [0.1, 0.15) is 97.8 Å². The van der Waals surface area contributed by atoms with E-state index in [1.54, 1.807) is 0 Å². The molecule has 7 nitrogen and oxygen atoms in total. The van der Waals surface area contributed by atoms with E-state index in [2.05, 4.69) is 20.8 Å². The molecule has 8 atom stereocenters. The molecule has 0 saturated heterocycles. The van der Waals surface area contributed by atoms with Crippen LogP contribution in [-0.2, 0) is 9.59 Å². The minimum atomic E-state index is -3.60. The first-order valence-electron chi connectivity index (χ1n) is 13.1. The number of rotatable bonds is 6. The number of hydrogen-bond donors (Lipinski definition) is 4. The zero-order chi connectivity index (χ0) is 24.2. The van der Waals surface area contributed by atoms with Crippen LogP contribution in [0.4, 0.5) is 0 Å². The van der Waals surface area contributed by atoms with E-state index in [0.717, 1.165) is 30.1 Å². The van der Waals surface area contributed by atoms with Gasteiger partial charge in [-0.05, 0) is 104 Å². The summed E-state index contributed by atoms with van der Waals surface area (Å²) in [7, 11) is 0. The van der Waals surface area contributed by atoms with Crippen LogP contribution in [0.5, 0.6) is 0 Å². The third-order valence-corrected chi connectivity index (χ3v) is 11.0. The molecule has 0 heterocycles. The van der Waals surface area contributed by atoms with Crippen LogP contribution in [0.2, 0.25) is 0 Å². The first-order chi connectivity index (χ1) is 15.4. The van der Waals surface area contributed by atoms with E-state index in [1.807, 2.05) is 0 Å². The summed E-state index contributed by atoms with van der Waals surface area (Å²) < 4.78 is 0. The number of hydroxylamine groups is 2. The van der Waals surface area contributed by atoms with Crippen LogP contribution in [-0.4, -0.2) is 43.4 Å². The molecule has 0 bridgehead atoms. The number of hydrogen-bond acceptors (Lipinski definition) is 5. The van der Waals surface area contributed by atoms with Gasteiger partial charge in [0.25, 0.3) is 5.91 Å². The molecule has 0 spiro atoms. The molecule has 1 amide bonds. The molecule has 4 N–H and O–H groups in total. The van der Waals surface area contributed by atoms with Gasteiger partial charge in [0.1, 0.15) is 0 Å². The van der Waals surface area contributed by atoms with Crippen LogP contribution in [0, 0.1) is 46.3 Å². The van der Waals surface area contributed by atoms with Crippen molar-refractivity contribution in [3.63, 3.8) is 0 Å². The number of fused-ring (bicyclic) bond motifs is 5. The summed E-state index contributed by atoms with van der Waals surface area (Å²) in [5, 5.41) is 36.9. The minimum Gasteiger partial charge on any atom is -0.476 e. The first-order valence-corrected chi connectivity index (χ1v) is 13.1. The second kappa shape index (κ2) is 8.80. The van der Waals surface area contributed by atoms with E-state index in [0.29, 0.717) is 17.8 Å². The maximum atomic E-state index is 12.2. The Balaban J connectivity index is 1.41. The van der Waals surface area contributed by atoms with Crippen LogP contribution < -0.4 is 0 Å². The molecule has 0 aliphatic heterocycles. The summed E-state index contributed by atoms with van der Waals surface area (Å²) in [5.74, 6) is -2.62. The number of carbonyl (C=O) groups is 2. The number of aliphatic carboxylic acids is 1. The lowest BCUT2D eigenvalue weighted by molar-refractivity contribution is -0.330. The fourth-order valence-corrected chi connectivity index (χ4v) is 9.19. The maximum Gasteiger partial charge on any atom is 0.390 e. The normalized spacial score (nSPS) is 41.5. The molecule has 0 aromatic rings. The highest BCUT2D eigenvalue weighted by atomic mass is 16.7. The second-order valence-corrected chi connectivity index (χ2v) is 12.3. The predicted molar refractivity (Wildman–Crippen MR) is 122 cm³/mol. The fourth-order valence-electron chi connectivity index (χ4n) is 9.19. The number of amides is 1. The van der Waals surface area contributed by atoms with Gasteiger partial charge >= 0.3 is 11.9 Å². The summed E-state index contributed by atoms with van der Waals surface area (Å²) in [6.45, 7) is 7.21. The third-order valence-electron chi connectivity index (χ3n) is 11.0. The molecule has 0 unspecified atom stereocenters. The van der Waals surface area contributed by atoms with Crippen molar-refractivity contribution < 1.29 is 30.1 Å². The van der Waals surface area contributed by atoms with Crippen molar-refractivity contribution in [2.24, 2.45) is 46.3 Å². The molecule has 4 rings (SSSR count). The van der Waals surface area contributed by atoms with Crippen molar-refractivity contribution in [3.05, 3.63) is 0 Å². The molecule has 0 radical (unpaired) electrons. The van der Waals surface area contributed by atoms with E-state index < -0.39 is 22.9 Å². The van der Waals surface area contributed by atoms with Gasteiger partial charge in [0.2, 0.25) is 0 Å². The summed E-state index contributed by atoms with van der Waals surface area (Å²) in [4.78, 5) is 23.1. The van der Waals surface area contributed by atoms with Crippen molar-refractivity contribution in [2.75, 3.05) is 0 Å². The molecule has 7 heteroatoms. The summed E-state index contributed by atoms with van der Waals surface area (Å²) in [6.07, 6.45) is 13.7. The molecule has 4 aliphatic rings. The molecular weight excluding hydrogens is 422 g/mol. The molecule has 4 saturated carbocycles. The molecule has 0 aromatic carbocycles. The predicted octanol–water partition coefficient (Wildman–Crippen LogP) is 4.39. The Morgan fingerprint density at radius 3 is 2.36 bits per heavy atom. The minimum absolute atomic E-state index is 0.114. The van der Waals surface area contributed by atoms with E-state index in [-0.39, 0.29) is 17.8 Å². The number of aliphatic hydroxyl groups is 2. The Morgan fingerprint density at radius 1 is 0.970 bits per heavy atom. The van der Waals surface area contributed by atoms with E-state index >= 15 is 0 Å². The van der Waals surface area contributed by atoms with Gasteiger partial charge in [-0.2, -0.15) is 5.06 Å². The number of carboxylic acids is 1. The lowest BCUT2D eigenvalue weighted by atomic mass is 9.44. The average molecular weight is 466 g/mol. The van der Waals surface area contributed by atoms with Gasteiger partial charge in [0, 0.05) is 6.42 Å². The average Bonchev–Trinajstić information content (AvgIpc) is 3.13. The zero-order valence-corrected chi connectivity index (χ0v) is 20.5. The standard InChI is InChI=1S/C26H43NO6/c1-16(7-12-22(28)27(33)26(31,32)23(29)30)19-10-11-20-18-9-8-17-6-4-5-14-24(17,2)21(18)13-15-25(19,20)3/h16-21,31-33H,4-15H2,1-3H3,(H,29,30)/t16-,17+,18+,19-,20+,21+,24+,25-/m1/s1. The van der Waals surface area contributed by atoms with Crippen molar-refractivity contribution in [1.82, 2.24) is 5.06 Å². The Labute approximate surface area is 197 Å². The Kier molecular flexibility index (Phi) is 6.64. The highest BCUT2D eigenvalue weighted by Gasteiger charge is 2.60. The highest BCUT2D eigenvalue weighted by Crippen LogP contribution is 2.68. The van der Waals surface area contributed by atoms with Crippen LogP contribution in [0.15, 0.2) is 0 Å². The van der Waals surface area contributed by atoms with Crippen molar-refractivity contribution in [3.8, 4) is 0 Å². The van der Waals surface area contributed by atoms with E-state index in [1.165, 1.54) is 57.8 Å². The van der Waals surface area contributed by atoms with Crippen molar-refractivity contribution in [2.45, 2.75) is 104 Å². The largest absolute Gasteiger partial charge is 0.476 e. The van der Waals surface area contributed by atoms with Crippen LogP contribution >= 0.6 is 0 Å². The molecule has 4 aliphatic carbocycles. The van der Waals surface area contributed by atoms with Gasteiger partial charge < -0.3 is 15.3 Å². The topological polar surface area (TPSA) is 118 Å². The second-order valence-electron chi connectivity index (χ2n) is 12.3. The lowest BCUT2D eigenvalue weighted by Crippen LogP contribution is -2.55. The number of carboxylic acid groups (broad SMARTS) is 1. The van der Waals surface area contributed by atoms with E-state index in [9.17, 15) is 25.0 Å². The van der Waals surface area contributed by atoms with Gasteiger partial charge in [-0.1, -0.05) is 33.6 Å². The van der Waals surface area contributed by atoms with Crippen LogP contribution in [0.3, 0.4) is 0 Å². The van der Waals surface area contributed by atoms with Gasteiger partial charge in [-0.25, -0.2) is 4.79 Å². The SMILES string of the molecule is C[C@H](CCC(=O)N(O)C(O)(O)C(=O)O)[C@H]1CC[C@H]2[C@@H]3CC[C@@H]4CCCC[C@]4(C)[C@H]3CC[C@]12C. The fraction of sp³-hybridized carbons (Fsp3) is 0.923. The smallest absolute Gasteiger partial charge is 0.390 e. The maximum absolute atomic E-state index is 12.2. The zero-order valence-electron chi connectivity index (χ0n) is 20.5. The third kappa shape index (κ3) is 4.02. The molecular formula is C26H43NO6. The van der Waals surface area contributed by atoms with Crippen molar-refractivity contribution in [1.29, 1.82) is 0 Å². The van der Waals surface area contributed by atoms with E-state index in [4.69, 9.17) is 5.11 Å². The van der Waals surface area contributed by atoms with Crippen molar-refractivity contribution >= 4 is 11.9 Å². The summed E-state index contributed by atoms with van der Waals surface area (Å²) in [5.41, 5.74) is 0.785. The van der Waals surface area contributed by atoms with Gasteiger partial charge in [-0.15, -0.1) is 0 Å². The molecule has 188 valence electrons. The van der Waals surface area contributed by atoms with Gasteiger partial charge in [-0.3, -0.25) is 10.0 Å². The van der Waals surface area contributed by atoms with Crippen LogP contribution in [0.25, 0.3) is 0 Å². The quantitative estimate of drug-likeness (QED) is 0.262. The Hall–Kier alpha value is -1.18. The number of nitrogens with zero attached hydrogens (tertiary/aromatic N) is 1. The summed E-state index contributed by atoms with van der Waals surface area (Å²) in [6, 6.07) is 0. The lowest BCUT2D eigenvalue weighted by Gasteiger charge is -2.61. The molecule has 4 fully saturated rings. The Bertz CT molecular complexity index is 770. The molecule has 33 heavy (non-hydrogen) atoms. The first kappa shape index (κ1) is 24.9. The van der Waals surface area contributed by atoms with Gasteiger partial charge in [0.05, 0.1) is 0 Å². The highest BCUT2D eigenvalue weighted by molar-refractivity contribution is 5.83. The monoisotopic (exact) mass is 465 g/mol. The Morgan fingerprint density at radius 2 is 1.67 bits per heavy atom. The summed E-state index contributed by atoms with van der Waals surface area (Å²) >= 11 is 0.